The SMILES string of the molecule is CC(Cc1cccc(F)c1)C(O)CCC1C(N=O)CC(O)C1CCCCCCC(=O)O. The van der Waals surface area contributed by atoms with E-state index in [1.165, 1.54) is 12.1 Å². The van der Waals surface area contributed by atoms with Crippen LogP contribution in [0.1, 0.15) is 70.3 Å². The zero-order chi connectivity index (χ0) is 22.8. The summed E-state index contributed by atoms with van der Waals surface area (Å²) in [6.07, 6.45) is 5.15. The number of aliphatic hydroxyl groups is 2. The number of carbonyl (C=O) groups is 1. The highest BCUT2D eigenvalue weighted by Gasteiger charge is 2.42. The number of nitrogens with zero attached hydrogens (tertiary/aromatic N) is 1. The van der Waals surface area contributed by atoms with E-state index in [0.717, 1.165) is 31.2 Å². The van der Waals surface area contributed by atoms with E-state index in [4.69, 9.17) is 5.11 Å². The summed E-state index contributed by atoms with van der Waals surface area (Å²) < 4.78 is 13.4. The smallest absolute Gasteiger partial charge is 0.303 e. The van der Waals surface area contributed by atoms with Crippen molar-refractivity contribution < 1.29 is 24.5 Å². The second kappa shape index (κ2) is 12.9. The Morgan fingerprint density at radius 3 is 2.61 bits per heavy atom. The molecule has 0 amide bonds. The zero-order valence-corrected chi connectivity index (χ0v) is 18.3. The molecule has 174 valence electrons. The molecule has 6 unspecified atom stereocenters. The Labute approximate surface area is 183 Å². The lowest BCUT2D eigenvalue weighted by Crippen LogP contribution is -2.26. The molecule has 0 radical (unpaired) electrons. The fourth-order valence-electron chi connectivity index (χ4n) is 4.93. The summed E-state index contributed by atoms with van der Waals surface area (Å²) in [5.74, 6) is -1.19. The predicted octanol–water partition coefficient (Wildman–Crippen LogP) is 4.70. The fourth-order valence-corrected chi connectivity index (χ4v) is 4.93. The van der Waals surface area contributed by atoms with E-state index in [2.05, 4.69) is 5.18 Å². The highest BCUT2D eigenvalue weighted by Crippen LogP contribution is 2.41. The monoisotopic (exact) mass is 437 g/mol. The maximum atomic E-state index is 13.4. The molecule has 0 saturated heterocycles. The molecule has 1 aliphatic rings. The number of benzene rings is 1. The van der Waals surface area contributed by atoms with Crippen molar-refractivity contribution in [3.63, 3.8) is 0 Å². The molecule has 0 aliphatic heterocycles. The van der Waals surface area contributed by atoms with Crippen LogP contribution < -0.4 is 0 Å². The lowest BCUT2D eigenvalue weighted by atomic mass is 9.82. The Hall–Kier alpha value is -1.86. The molecular weight excluding hydrogens is 401 g/mol. The van der Waals surface area contributed by atoms with Crippen molar-refractivity contribution in [2.45, 2.75) is 89.4 Å². The number of carboxylic acids is 1. The van der Waals surface area contributed by atoms with Crippen LogP contribution in [0.5, 0.6) is 0 Å². The molecule has 31 heavy (non-hydrogen) atoms. The van der Waals surface area contributed by atoms with Gasteiger partial charge < -0.3 is 15.3 Å². The van der Waals surface area contributed by atoms with E-state index in [9.17, 15) is 24.3 Å². The summed E-state index contributed by atoms with van der Waals surface area (Å²) in [7, 11) is 0. The van der Waals surface area contributed by atoms with Gasteiger partial charge in [-0.2, -0.15) is 4.91 Å². The first-order chi connectivity index (χ1) is 14.8. The molecule has 1 fully saturated rings. The zero-order valence-electron chi connectivity index (χ0n) is 18.3. The molecule has 3 N–H and O–H groups in total. The normalized spacial score (nSPS) is 25.3. The van der Waals surface area contributed by atoms with Crippen LogP contribution in [0.25, 0.3) is 0 Å². The number of aliphatic carboxylic acids is 1. The van der Waals surface area contributed by atoms with Crippen LogP contribution in [0.15, 0.2) is 29.4 Å². The van der Waals surface area contributed by atoms with Gasteiger partial charge in [-0.05, 0) is 74.0 Å². The number of halogens is 1. The largest absolute Gasteiger partial charge is 0.481 e. The third-order valence-corrected chi connectivity index (χ3v) is 6.73. The van der Waals surface area contributed by atoms with E-state index in [1.807, 2.05) is 13.0 Å². The van der Waals surface area contributed by atoms with Gasteiger partial charge in [-0.1, -0.05) is 43.5 Å². The van der Waals surface area contributed by atoms with E-state index in [0.29, 0.717) is 32.1 Å². The van der Waals surface area contributed by atoms with Gasteiger partial charge in [0.25, 0.3) is 0 Å². The molecule has 2 rings (SSSR count). The minimum absolute atomic E-state index is 0.0205. The third kappa shape index (κ3) is 8.30. The lowest BCUT2D eigenvalue weighted by Gasteiger charge is -2.26. The van der Waals surface area contributed by atoms with Crippen molar-refractivity contribution in [1.82, 2.24) is 0 Å². The van der Waals surface area contributed by atoms with Gasteiger partial charge in [-0.15, -0.1) is 0 Å². The Morgan fingerprint density at radius 1 is 1.19 bits per heavy atom. The maximum absolute atomic E-state index is 13.4. The van der Waals surface area contributed by atoms with Crippen LogP contribution in [-0.2, 0) is 11.2 Å². The molecule has 0 spiro atoms. The molecule has 6 atom stereocenters. The Bertz CT molecular complexity index is 700. The van der Waals surface area contributed by atoms with Crippen LogP contribution >= 0.6 is 0 Å². The topological polar surface area (TPSA) is 107 Å². The second-order valence-electron chi connectivity index (χ2n) is 9.11. The van der Waals surface area contributed by atoms with Gasteiger partial charge in [0.15, 0.2) is 0 Å². The van der Waals surface area contributed by atoms with Crippen LogP contribution in [0.4, 0.5) is 4.39 Å². The summed E-state index contributed by atoms with van der Waals surface area (Å²) in [5.41, 5.74) is 0.844. The molecular formula is C24H36FNO5. The number of rotatable bonds is 14. The van der Waals surface area contributed by atoms with E-state index < -0.39 is 24.2 Å². The van der Waals surface area contributed by atoms with Gasteiger partial charge in [0, 0.05) is 6.42 Å². The van der Waals surface area contributed by atoms with Crippen LogP contribution in [0.2, 0.25) is 0 Å². The highest BCUT2D eigenvalue weighted by atomic mass is 19.1. The standard InChI is InChI=1S/C24H36FNO5/c1-16(13-17-7-6-8-18(25)14-17)22(27)12-11-19-20(23(28)15-21(19)26-31)9-4-2-3-5-10-24(29)30/h6-8,14,16,19-23,27-28H,2-5,9-13,15H2,1H3,(H,29,30). The number of aliphatic hydroxyl groups excluding tert-OH is 2. The van der Waals surface area contributed by atoms with Crippen molar-refractivity contribution in [2.75, 3.05) is 0 Å². The van der Waals surface area contributed by atoms with Crippen molar-refractivity contribution in [1.29, 1.82) is 0 Å². The van der Waals surface area contributed by atoms with E-state index >= 15 is 0 Å². The van der Waals surface area contributed by atoms with Crippen LogP contribution in [0.3, 0.4) is 0 Å². The average Bonchev–Trinajstić information content (AvgIpc) is 3.03. The lowest BCUT2D eigenvalue weighted by molar-refractivity contribution is -0.137. The third-order valence-electron chi connectivity index (χ3n) is 6.73. The summed E-state index contributed by atoms with van der Waals surface area (Å²) >= 11 is 0. The number of hydrogen-bond acceptors (Lipinski definition) is 5. The summed E-state index contributed by atoms with van der Waals surface area (Å²) in [6, 6.07) is 5.96. The fraction of sp³-hybridized carbons (Fsp3) is 0.708. The molecule has 7 heteroatoms. The van der Waals surface area contributed by atoms with Crippen molar-refractivity contribution in [3.05, 3.63) is 40.6 Å². The van der Waals surface area contributed by atoms with Gasteiger partial charge in [-0.3, -0.25) is 4.79 Å². The van der Waals surface area contributed by atoms with Gasteiger partial charge in [0.05, 0.1) is 18.2 Å². The number of carboxylic acid groups (broad SMARTS) is 1. The summed E-state index contributed by atoms with van der Waals surface area (Å²) in [4.78, 5) is 21.9. The van der Waals surface area contributed by atoms with Gasteiger partial charge in [0.2, 0.25) is 0 Å². The molecule has 1 aromatic rings. The van der Waals surface area contributed by atoms with Gasteiger partial charge in [0.1, 0.15) is 5.82 Å². The number of unbranched alkanes of at least 4 members (excludes halogenated alkanes) is 3. The minimum atomic E-state index is -0.781. The van der Waals surface area contributed by atoms with Gasteiger partial charge >= 0.3 is 5.97 Å². The van der Waals surface area contributed by atoms with E-state index in [-0.39, 0.29) is 30.0 Å². The number of nitroso groups, excluding NO2 is 1. The first kappa shape index (κ1) is 25.4. The summed E-state index contributed by atoms with van der Waals surface area (Å²) in [6.45, 7) is 1.93. The molecule has 6 nitrogen and oxygen atoms in total. The van der Waals surface area contributed by atoms with Gasteiger partial charge in [-0.25, -0.2) is 4.39 Å². The quantitative estimate of drug-likeness (QED) is 0.289. The average molecular weight is 438 g/mol. The Morgan fingerprint density at radius 2 is 1.94 bits per heavy atom. The number of hydrogen-bond donors (Lipinski definition) is 3. The van der Waals surface area contributed by atoms with Crippen LogP contribution in [0, 0.1) is 28.5 Å². The Kier molecular flexibility index (Phi) is 10.5. The Balaban J connectivity index is 1.82. The first-order valence-corrected chi connectivity index (χ1v) is 11.5. The second-order valence-corrected chi connectivity index (χ2v) is 9.11. The molecule has 0 bridgehead atoms. The van der Waals surface area contributed by atoms with Crippen molar-refractivity contribution in [3.8, 4) is 0 Å². The molecule has 0 heterocycles. The minimum Gasteiger partial charge on any atom is -0.481 e. The maximum Gasteiger partial charge on any atom is 0.303 e. The molecule has 1 aromatic carbocycles. The van der Waals surface area contributed by atoms with E-state index in [1.54, 1.807) is 6.07 Å². The molecule has 1 aliphatic carbocycles. The van der Waals surface area contributed by atoms with Crippen molar-refractivity contribution in [2.24, 2.45) is 22.9 Å². The molecule has 0 aromatic heterocycles. The predicted molar refractivity (Wildman–Crippen MR) is 117 cm³/mol. The van der Waals surface area contributed by atoms with Crippen molar-refractivity contribution >= 4 is 5.97 Å². The highest BCUT2D eigenvalue weighted by molar-refractivity contribution is 5.66. The first-order valence-electron chi connectivity index (χ1n) is 11.5. The molecule has 1 saturated carbocycles. The van der Waals surface area contributed by atoms with Crippen LogP contribution in [-0.4, -0.2) is 39.5 Å². The summed E-state index contributed by atoms with van der Waals surface area (Å²) in [5, 5.41) is 33.0.